The lowest BCUT2D eigenvalue weighted by molar-refractivity contribution is 0.247. The van der Waals surface area contributed by atoms with E-state index in [-0.39, 0.29) is 17.6 Å². The summed E-state index contributed by atoms with van der Waals surface area (Å²) in [5.41, 5.74) is 3.84. The molecule has 1 fully saturated rings. The monoisotopic (exact) mass is 442 g/mol. The zero-order valence-electron chi connectivity index (χ0n) is 19.2. The van der Waals surface area contributed by atoms with Crippen molar-refractivity contribution in [1.82, 2.24) is 30.1 Å². The van der Waals surface area contributed by atoms with Crippen LogP contribution in [-0.4, -0.2) is 37.1 Å². The van der Waals surface area contributed by atoms with Gasteiger partial charge in [0.15, 0.2) is 5.82 Å². The molecule has 2 aromatic carbocycles. The molecule has 0 saturated heterocycles. The van der Waals surface area contributed by atoms with Gasteiger partial charge in [-0.05, 0) is 71.4 Å². The number of nitrogens with one attached hydrogen (secondary N) is 1. The van der Waals surface area contributed by atoms with Gasteiger partial charge in [0.25, 0.3) is 5.56 Å². The molecule has 0 amide bonds. The summed E-state index contributed by atoms with van der Waals surface area (Å²) in [5.74, 6) is 0.733. The minimum absolute atomic E-state index is 0.0994. The van der Waals surface area contributed by atoms with Gasteiger partial charge in [-0.25, -0.2) is 4.68 Å². The summed E-state index contributed by atoms with van der Waals surface area (Å²) in [6.07, 6.45) is 5.46. The number of fused-ring (bicyclic) bond motifs is 1. The third-order valence-electron chi connectivity index (χ3n) is 6.79. The molecule has 7 heteroatoms. The summed E-state index contributed by atoms with van der Waals surface area (Å²) < 4.78 is 1.96. The number of hydrogen-bond donors (Lipinski definition) is 1. The van der Waals surface area contributed by atoms with Gasteiger partial charge in [-0.2, -0.15) is 0 Å². The maximum Gasteiger partial charge on any atom is 0.253 e. The Hall–Kier alpha value is -3.32. The predicted octanol–water partition coefficient (Wildman–Crippen LogP) is 4.41. The maximum atomic E-state index is 13.4. The first-order chi connectivity index (χ1) is 16.1. The summed E-state index contributed by atoms with van der Waals surface area (Å²) in [5, 5.41) is 13.9. The van der Waals surface area contributed by atoms with Crippen LogP contribution in [0.5, 0.6) is 0 Å². The second-order valence-electron chi connectivity index (χ2n) is 9.05. The van der Waals surface area contributed by atoms with Gasteiger partial charge >= 0.3 is 0 Å². The number of H-pyrrole nitrogens is 1. The molecule has 5 rings (SSSR count). The fourth-order valence-corrected chi connectivity index (χ4v) is 5.02. The van der Waals surface area contributed by atoms with E-state index < -0.39 is 0 Å². The molecule has 1 N–H and O–H groups in total. The van der Waals surface area contributed by atoms with Gasteiger partial charge < -0.3 is 4.98 Å². The molecule has 0 aliphatic heterocycles. The average Bonchev–Trinajstić information content (AvgIpc) is 3.52. The SMILES string of the molecule is CCc1ccc2[nH]c(=O)c([C@@H](c3nnnn3C3CCCC3)N(C)Cc3ccccc3)cc2c1. The minimum atomic E-state index is -0.362. The zero-order valence-corrected chi connectivity index (χ0v) is 19.2. The third kappa shape index (κ3) is 4.33. The number of nitrogens with zero attached hydrogens (tertiary/aromatic N) is 5. The maximum absolute atomic E-state index is 13.4. The van der Waals surface area contributed by atoms with Crippen LogP contribution in [0.15, 0.2) is 59.4 Å². The Balaban J connectivity index is 1.63. The highest BCUT2D eigenvalue weighted by molar-refractivity contribution is 5.80. The van der Waals surface area contributed by atoms with E-state index in [2.05, 4.69) is 56.6 Å². The zero-order chi connectivity index (χ0) is 22.8. The Bertz CT molecular complexity index is 1290. The lowest BCUT2D eigenvalue weighted by Gasteiger charge is -2.28. The Kier molecular flexibility index (Phi) is 6.05. The quantitative estimate of drug-likeness (QED) is 0.458. The van der Waals surface area contributed by atoms with Crippen LogP contribution in [0.1, 0.15) is 67.2 Å². The Morgan fingerprint density at radius 3 is 2.64 bits per heavy atom. The smallest absolute Gasteiger partial charge is 0.253 e. The van der Waals surface area contributed by atoms with Crippen LogP contribution in [0.4, 0.5) is 0 Å². The van der Waals surface area contributed by atoms with Gasteiger partial charge in [-0.1, -0.05) is 56.2 Å². The molecule has 7 nitrogen and oxygen atoms in total. The first-order valence-electron chi connectivity index (χ1n) is 11.8. The number of aromatic nitrogens is 5. The van der Waals surface area contributed by atoms with Crippen molar-refractivity contribution >= 4 is 10.9 Å². The van der Waals surface area contributed by atoms with E-state index in [9.17, 15) is 4.79 Å². The Morgan fingerprint density at radius 1 is 1.09 bits per heavy atom. The normalized spacial score (nSPS) is 15.5. The molecule has 33 heavy (non-hydrogen) atoms. The van der Waals surface area contributed by atoms with Crippen LogP contribution in [0.2, 0.25) is 0 Å². The third-order valence-corrected chi connectivity index (χ3v) is 6.79. The second-order valence-corrected chi connectivity index (χ2v) is 9.05. The topological polar surface area (TPSA) is 79.7 Å². The lowest BCUT2D eigenvalue weighted by atomic mass is 10.0. The number of aryl methyl sites for hydroxylation is 1. The number of hydrogen-bond acceptors (Lipinski definition) is 5. The van der Waals surface area contributed by atoms with Crippen LogP contribution in [0.25, 0.3) is 10.9 Å². The van der Waals surface area contributed by atoms with Gasteiger partial charge in [-0.15, -0.1) is 5.10 Å². The highest BCUT2D eigenvalue weighted by Gasteiger charge is 2.31. The van der Waals surface area contributed by atoms with Gasteiger partial charge in [0.2, 0.25) is 0 Å². The number of rotatable bonds is 7. The van der Waals surface area contributed by atoms with E-state index in [1.54, 1.807) is 0 Å². The van der Waals surface area contributed by atoms with E-state index in [1.165, 1.54) is 24.0 Å². The molecule has 0 spiro atoms. The van der Waals surface area contributed by atoms with E-state index >= 15 is 0 Å². The van der Waals surface area contributed by atoms with Gasteiger partial charge in [0, 0.05) is 17.6 Å². The number of pyridine rings is 1. The van der Waals surface area contributed by atoms with E-state index in [1.807, 2.05) is 42.1 Å². The lowest BCUT2D eigenvalue weighted by Crippen LogP contribution is -2.33. The van der Waals surface area contributed by atoms with Crippen molar-refractivity contribution in [2.45, 2.75) is 57.7 Å². The standard InChI is InChI=1S/C26H30N6O/c1-3-18-13-14-23-20(15-18)16-22(26(33)27-23)24(31(2)17-19-9-5-4-6-10-19)25-28-29-30-32(25)21-11-7-8-12-21/h4-6,9-10,13-16,21,24H,3,7-8,11-12,17H2,1-2H3,(H,27,33)/t24-/m0/s1. The molecule has 2 heterocycles. The largest absolute Gasteiger partial charge is 0.322 e. The van der Waals surface area contributed by atoms with Crippen molar-refractivity contribution in [2.75, 3.05) is 7.05 Å². The number of aromatic amines is 1. The molecule has 1 aliphatic carbocycles. The molecule has 0 radical (unpaired) electrons. The van der Waals surface area contributed by atoms with E-state index in [0.29, 0.717) is 12.1 Å². The minimum Gasteiger partial charge on any atom is -0.322 e. The van der Waals surface area contributed by atoms with E-state index in [0.717, 1.165) is 36.0 Å². The van der Waals surface area contributed by atoms with Crippen LogP contribution < -0.4 is 5.56 Å². The highest BCUT2D eigenvalue weighted by Crippen LogP contribution is 2.33. The summed E-state index contributed by atoms with van der Waals surface area (Å²) >= 11 is 0. The average molecular weight is 443 g/mol. The van der Waals surface area contributed by atoms with Crippen LogP contribution in [0, 0.1) is 0 Å². The Labute approximate surface area is 193 Å². The van der Waals surface area contributed by atoms with Crippen LogP contribution >= 0.6 is 0 Å². The van der Waals surface area contributed by atoms with Crippen LogP contribution in [0.3, 0.4) is 0 Å². The predicted molar refractivity (Wildman–Crippen MR) is 129 cm³/mol. The molecule has 1 atom stereocenters. The second kappa shape index (κ2) is 9.27. The van der Waals surface area contributed by atoms with Crippen molar-refractivity contribution in [1.29, 1.82) is 0 Å². The van der Waals surface area contributed by atoms with Crippen LogP contribution in [-0.2, 0) is 13.0 Å². The molecule has 170 valence electrons. The van der Waals surface area contributed by atoms with Crippen molar-refractivity contribution in [3.8, 4) is 0 Å². The van der Waals surface area contributed by atoms with Crippen molar-refractivity contribution in [3.63, 3.8) is 0 Å². The summed E-state index contributed by atoms with van der Waals surface area (Å²) in [7, 11) is 2.04. The Morgan fingerprint density at radius 2 is 1.88 bits per heavy atom. The molecule has 4 aromatic rings. The summed E-state index contributed by atoms with van der Waals surface area (Å²) in [4.78, 5) is 18.6. The molecule has 1 saturated carbocycles. The number of benzene rings is 2. The van der Waals surface area contributed by atoms with Gasteiger partial charge in [-0.3, -0.25) is 9.69 Å². The van der Waals surface area contributed by atoms with Gasteiger partial charge in [0.05, 0.1) is 6.04 Å². The molecule has 0 bridgehead atoms. The molecular weight excluding hydrogens is 412 g/mol. The van der Waals surface area contributed by atoms with Crippen molar-refractivity contribution < 1.29 is 0 Å². The van der Waals surface area contributed by atoms with E-state index in [4.69, 9.17) is 0 Å². The summed E-state index contributed by atoms with van der Waals surface area (Å²) in [6.45, 7) is 2.81. The first-order valence-corrected chi connectivity index (χ1v) is 11.8. The highest BCUT2D eigenvalue weighted by atomic mass is 16.1. The van der Waals surface area contributed by atoms with Gasteiger partial charge in [0.1, 0.15) is 6.04 Å². The molecular formula is C26H30N6O. The fraction of sp³-hybridized carbons (Fsp3) is 0.385. The van der Waals surface area contributed by atoms with Crippen molar-refractivity contribution in [3.05, 3.63) is 87.5 Å². The number of tetrazole rings is 1. The van der Waals surface area contributed by atoms with Crippen molar-refractivity contribution in [2.24, 2.45) is 0 Å². The molecule has 1 aliphatic rings. The first kappa shape index (κ1) is 21.5. The summed E-state index contributed by atoms with van der Waals surface area (Å²) in [6, 6.07) is 18.5. The molecule has 0 unspecified atom stereocenters. The molecule has 2 aromatic heterocycles. The fourth-order valence-electron chi connectivity index (χ4n) is 5.02.